The van der Waals surface area contributed by atoms with E-state index in [4.69, 9.17) is 23.2 Å². The van der Waals surface area contributed by atoms with Crippen LogP contribution in [0.25, 0.3) is 0 Å². The van der Waals surface area contributed by atoms with Gasteiger partial charge in [-0.2, -0.15) is 0 Å². The quantitative estimate of drug-likeness (QED) is 0.722. The van der Waals surface area contributed by atoms with Crippen molar-refractivity contribution in [2.45, 2.75) is 12.2 Å². The minimum absolute atomic E-state index is 0.0858. The number of piperazine rings is 1. The van der Waals surface area contributed by atoms with Gasteiger partial charge in [0.1, 0.15) is 0 Å². The predicted octanol–water partition coefficient (Wildman–Crippen LogP) is 1.71. The molecule has 0 saturated carbocycles. The zero-order valence-corrected chi connectivity index (χ0v) is 14.6. The van der Waals surface area contributed by atoms with Crippen molar-refractivity contribution in [2.75, 3.05) is 39.3 Å². The molecule has 2 rings (SSSR count). The Bertz CT molecular complexity index is 590. The van der Waals surface area contributed by atoms with Gasteiger partial charge in [-0.05, 0) is 30.7 Å². The van der Waals surface area contributed by atoms with Crippen molar-refractivity contribution in [2.24, 2.45) is 0 Å². The number of nitrogens with zero attached hydrogens (tertiary/aromatic N) is 1. The first-order valence-corrected chi connectivity index (χ1v) is 9.71. The maximum Gasteiger partial charge on any atom is 0.215 e. The Morgan fingerprint density at radius 3 is 2.59 bits per heavy atom. The van der Waals surface area contributed by atoms with Gasteiger partial charge in [0, 0.05) is 32.7 Å². The molecule has 8 heteroatoms. The van der Waals surface area contributed by atoms with E-state index in [2.05, 4.69) is 14.9 Å². The fourth-order valence-corrected chi connectivity index (χ4v) is 3.86. The van der Waals surface area contributed by atoms with Gasteiger partial charge in [-0.15, -0.1) is 0 Å². The smallest absolute Gasteiger partial charge is 0.215 e. The lowest BCUT2D eigenvalue weighted by atomic mass is 10.2. The lowest BCUT2D eigenvalue weighted by molar-refractivity contribution is 0.239. The predicted molar refractivity (Wildman–Crippen MR) is 91.0 cm³/mol. The Morgan fingerprint density at radius 2 is 1.91 bits per heavy atom. The lowest BCUT2D eigenvalue weighted by Crippen LogP contribution is -2.44. The molecule has 1 aromatic rings. The highest BCUT2D eigenvalue weighted by molar-refractivity contribution is 7.88. The number of halogens is 2. The molecule has 0 aliphatic carbocycles. The van der Waals surface area contributed by atoms with E-state index in [0.717, 1.165) is 39.1 Å². The molecule has 0 amide bonds. The van der Waals surface area contributed by atoms with E-state index in [1.165, 1.54) is 0 Å². The van der Waals surface area contributed by atoms with E-state index < -0.39 is 10.0 Å². The second-order valence-corrected chi connectivity index (χ2v) is 7.97. The van der Waals surface area contributed by atoms with Crippen LogP contribution in [0.15, 0.2) is 18.2 Å². The molecule has 1 fully saturated rings. The lowest BCUT2D eigenvalue weighted by Gasteiger charge is -2.27. The van der Waals surface area contributed by atoms with Gasteiger partial charge < -0.3 is 10.2 Å². The molecule has 1 saturated heterocycles. The Labute approximate surface area is 142 Å². The van der Waals surface area contributed by atoms with Gasteiger partial charge in [0.2, 0.25) is 10.0 Å². The molecule has 0 unspecified atom stereocenters. The molecule has 1 aromatic carbocycles. The zero-order chi connectivity index (χ0) is 16.0. The number of sulfonamides is 1. The molecule has 22 heavy (non-hydrogen) atoms. The molecule has 5 nitrogen and oxygen atoms in total. The molecule has 2 N–H and O–H groups in total. The minimum atomic E-state index is -3.35. The number of nitrogens with one attached hydrogen (secondary N) is 2. The highest BCUT2D eigenvalue weighted by Crippen LogP contribution is 2.23. The summed E-state index contributed by atoms with van der Waals surface area (Å²) in [6, 6.07) is 4.87. The Kier molecular flexibility index (Phi) is 6.92. The summed E-state index contributed by atoms with van der Waals surface area (Å²) in [6.07, 6.45) is 0.806. The van der Waals surface area contributed by atoms with Crippen molar-refractivity contribution in [3.63, 3.8) is 0 Å². The van der Waals surface area contributed by atoms with E-state index in [1.807, 2.05) is 0 Å². The summed E-state index contributed by atoms with van der Waals surface area (Å²) >= 11 is 11.7. The highest BCUT2D eigenvalue weighted by Gasteiger charge is 2.13. The van der Waals surface area contributed by atoms with Gasteiger partial charge in [0.05, 0.1) is 15.8 Å². The molecular formula is C14H21Cl2N3O2S. The summed E-state index contributed by atoms with van der Waals surface area (Å²) in [5.41, 5.74) is 0.629. The van der Waals surface area contributed by atoms with Crippen molar-refractivity contribution in [3.05, 3.63) is 33.8 Å². The molecule has 0 spiro atoms. The molecule has 0 bridgehead atoms. The summed E-state index contributed by atoms with van der Waals surface area (Å²) < 4.78 is 26.7. The third-order valence-corrected chi connectivity index (χ3v) is 5.62. The average Bonchev–Trinajstić information content (AvgIpc) is 2.48. The van der Waals surface area contributed by atoms with Gasteiger partial charge >= 0.3 is 0 Å². The van der Waals surface area contributed by atoms with Crippen molar-refractivity contribution >= 4 is 33.2 Å². The summed E-state index contributed by atoms with van der Waals surface area (Å²) in [4.78, 5) is 2.34. The van der Waals surface area contributed by atoms with E-state index in [-0.39, 0.29) is 5.75 Å². The summed E-state index contributed by atoms with van der Waals surface area (Å²) in [5.74, 6) is -0.0858. The summed E-state index contributed by atoms with van der Waals surface area (Å²) in [7, 11) is -3.35. The Morgan fingerprint density at radius 1 is 1.18 bits per heavy atom. The molecule has 1 heterocycles. The third-order valence-electron chi connectivity index (χ3n) is 3.52. The Balaban J connectivity index is 1.74. The van der Waals surface area contributed by atoms with E-state index in [1.54, 1.807) is 18.2 Å². The van der Waals surface area contributed by atoms with Crippen LogP contribution in [0, 0.1) is 0 Å². The van der Waals surface area contributed by atoms with Crippen molar-refractivity contribution in [1.82, 2.24) is 14.9 Å². The number of hydrogen-bond donors (Lipinski definition) is 2. The first kappa shape index (κ1) is 18.0. The fourth-order valence-electron chi connectivity index (χ4n) is 2.36. The van der Waals surface area contributed by atoms with Crippen LogP contribution in [-0.2, 0) is 15.8 Å². The largest absolute Gasteiger partial charge is 0.314 e. The van der Waals surface area contributed by atoms with E-state index in [9.17, 15) is 8.42 Å². The molecule has 0 atom stereocenters. The highest BCUT2D eigenvalue weighted by atomic mass is 35.5. The topological polar surface area (TPSA) is 61.4 Å². The number of hydrogen-bond acceptors (Lipinski definition) is 4. The van der Waals surface area contributed by atoms with Crippen molar-refractivity contribution < 1.29 is 8.42 Å². The maximum atomic E-state index is 12.0. The van der Waals surface area contributed by atoms with E-state index in [0.29, 0.717) is 22.2 Å². The van der Waals surface area contributed by atoms with Gasteiger partial charge in [-0.25, -0.2) is 13.1 Å². The van der Waals surface area contributed by atoms with Gasteiger partial charge in [-0.1, -0.05) is 29.3 Å². The first-order chi connectivity index (χ1) is 10.5. The van der Waals surface area contributed by atoms with Crippen LogP contribution in [-0.4, -0.2) is 52.6 Å². The standard InChI is InChI=1S/C14H21Cl2N3O2S/c15-13-3-2-12(10-14(13)16)11-22(20,21)18-4-1-7-19-8-5-17-6-9-19/h2-3,10,17-18H,1,4-9,11H2. The maximum absolute atomic E-state index is 12.0. The third kappa shape index (κ3) is 6.02. The molecule has 1 aliphatic heterocycles. The normalized spacial score (nSPS) is 16.8. The Hall–Kier alpha value is -0.370. The monoisotopic (exact) mass is 365 g/mol. The molecule has 0 aromatic heterocycles. The van der Waals surface area contributed by atoms with Gasteiger partial charge in [0.15, 0.2) is 0 Å². The van der Waals surface area contributed by atoms with Crippen LogP contribution in [0.4, 0.5) is 0 Å². The van der Waals surface area contributed by atoms with Crippen LogP contribution in [0.2, 0.25) is 10.0 Å². The molecule has 0 radical (unpaired) electrons. The average molecular weight is 366 g/mol. The number of benzene rings is 1. The van der Waals surface area contributed by atoms with Crippen LogP contribution in [0.1, 0.15) is 12.0 Å². The zero-order valence-electron chi connectivity index (χ0n) is 12.3. The van der Waals surface area contributed by atoms with Gasteiger partial charge in [0.25, 0.3) is 0 Å². The van der Waals surface area contributed by atoms with Crippen LogP contribution >= 0.6 is 23.2 Å². The molecular weight excluding hydrogens is 345 g/mol. The van der Waals surface area contributed by atoms with Crippen molar-refractivity contribution in [3.8, 4) is 0 Å². The van der Waals surface area contributed by atoms with Crippen LogP contribution in [0.3, 0.4) is 0 Å². The van der Waals surface area contributed by atoms with Crippen molar-refractivity contribution in [1.29, 1.82) is 0 Å². The molecule has 1 aliphatic rings. The number of rotatable bonds is 7. The minimum Gasteiger partial charge on any atom is -0.314 e. The second kappa shape index (κ2) is 8.47. The van der Waals surface area contributed by atoms with Crippen LogP contribution in [0.5, 0.6) is 0 Å². The second-order valence-electron chi connectivity index (χ2n) is 5.35. The summed E-state index contributed by atoms with van der Waals surface area (Å²) in [6.45, 7) is 5.42. The summed E-state index contributed by atoms with van der Waals surface area (Å²) in [5, 5.41) is 4.08. The van der Waals surface area contributed by atoms with Crippen LogP contribution < -0.4 is 10.0 Å². The SMILES string of the molecule is O=S(=O)(Cc1ccc(Cl)c(Cl)c1)NCCCN1CCNCC1. The van der Waals surface area contributed by atoms with E-state index >= 15 is 0 Å². The first-order valence-electron chi connectivity index (χ1n) is 7.31. The van der Waals surface area contributed by atoms with Gasteiger partial charge in [-0.3, -0.25) is 0 Å². The molecule has 124 valence electrons. The fraction of sp³-hybridized carbons (Fsp3) is 0.571.